The molecule has 0 aliphatic heterocycles. The maximum Gasteiger partial charge on any atom is 0.275 e. The highest BCUT2D eigenvalue weighted by molar-refractivity contribution is 6.34. The van der Waals surface area contributed by atoms with Crippen LogP contribution in [0.5, 0.6) is 0 Å². The molecule has 0 saturated carbocycles. The molecule has 0 bridgehead atoms. The molecular weight excluding hydrogens is 282 g/mol. The van der Waals surface area contributed by atoms with Gasteiger partial charge < -0.3 is 20.8 Å². The highest BCUT2D eigenvalue weighted by Gasteiger charge is 2.12. The first kappa shape index (κ1) is 13.9. The average Bonchev–Trinajstić information content (AvgIpc) is 2.87. The molecule has 1 aromatic carbocycles. The summed E-state index contributed by atoms with van der Waals surface area (Å²) in [7, 11) is 1.76. The Morgan fingerprint density at radius 2 is 2.30 bits per heavy atom. The molecule has 0 saturated heterocycles. The second-order valence-corrected chi connectivity index (χ2v) is 4.47. The van der Waals surface area contributed by atoms with Crippen LogP contribution in [0, 0.1) is 0 Å². The van der Waals surface area contributed by atoms with Crippen molar-refractivity contribution < 1.29 is 10.0 Å². The van der Waals surface area contributed by atoms with E-state index in [9.17, 15) is 4.79 Å². The Morgan fingerprint density at radius 3 is 2.90 bits per heavy atom. The molecule has 0 radical (unpaired) electrons. The number of anilines is 1. The highest BCUT2D eigenvalue weighted by Crippen LogP contribution is 2.23. The van der Waals surface area contributed by atoms with E-state index in [4.69, 9.17) is 22.5 Å². The number of oxime groups is 1. The summed E-state index contributed by atoms with van der Waals surface area (Å²) in [5.41, 5.74) is 6.54. The minimum atomic E-state index is -0.399. The molecule has 0 aliphatic carbocycles. The van der Waals surface area contributed by atoms with Gasteiger partial charge in [0.25, 0.3) is 5.91 Å². The second kappa shape index (κ2) is 5.62. The van der Waals surface area contributed by atoms with Crippen LogP contribution in [0.3, 0.4) is 0 Å². The lowest BCUT2D eigenvalue weighted by Crippen LogP contribution is -2.16. The molecule has 4 N–H and O–H groups in total. The van der Waals surface area contributed by atoms with Crippen molar-refractivity contribution in [1.29, 1.82) is 0 Å². The van der Waals surface area contributed by atoms with Crippen molar-refractivity contribution in [1.82, 2.24) is 9.55 Å². The minimum Gasteiger partial charge on any atom is -0.409 e. The molecule has 2 aromatic rings. The largest absolute Gasteiger partial charge is 0.409 e. The molecule has 0 fully saturated rings. The van der Waals surface area contributed by atoms with Crippen molar-refractivity contribution in [2.75, 3.05) is 5.32 Å². The Bertz CT molecular complexity index is 680. The predicted octanol–water partition coefficient (Wildman–Crippen LogP) is 1.42. The number of nitrogens with two attached hydrogens (primary N) is 1. The zero-order chi connectivity index (χ0) is 14.7. The zero-order valence-corrected chi connectivity index (χ0v) is 11.3. The van der Waals surface area contributed by atoms with Gasteiger partial charge in [0.1, 0.15) is 5.69 Å². The van der Waals surface area contributed by atoms with E-state index in [0.717, 1.165) is 0 Å². The van der Waals surface area contributed by atoms with E-state index in [-0.39, 0.29) is 11.5 Å². The van der Waals surface area contributed by atoms with Gasteiger partial charge in [0.2, 0.25) is 0 Å². The first-order valence-electron chi connectivity index (χ1n) is 5.58. The van der Waals surface area contributed by atoms with Crippen LogP contribution in [0.2, 0.25) is 5.02 Å². The van der Waals surface area contributed by atoms with Crippen LogP contribution >= 0.6 is 11.6 Å². The van der Waals surface area contributed by atoms with Crippen molar-refractivity contribution >= 4 is 29.0 Å². The van der Waals surface area contributed by atoms with Gasteiger partial charge in [-0.15, -0.1) is 0 Å². The van der Waals surface area contributed by atoms with E-state index in [1.807, 2.05) is 0 Å². The summed E-state index contributed by atoms with van der Waals surface area (Å²) in [6.45, 7) is 0. The van der Waals surface area contributed by atoms with Gasteiger partial charge >= 0.3 is 0 Å². The van der Waals surface area contributed by atoms with Crippen molar-refractivity contribution in [2.45, 2.75) is 0 Å². The first-order valence-corrected chi connectivity index (χ1v) is 5.96. The summed E-state index contributed by atoms with van der Waals surface area (Å²) in [4.78, 5) is 15.9. The Labute approximate surface area is 119 Å². The van der Waals surface area contributed by atoms with Crippen LogP contribution < -0.4 is 11.1 Å². The molecule has 1 amide bonds. The zero-order valence-electron chi connectivity index (χ0n) is 10.5. The van der Waals surface area contributed by atoms with Gasteiger partial charge in [0.15, 0.2) is 5.84 Å². The lowest BCUT2D eigenvalue weighted by Gasteiger charge is -2.08. The van der Waals surface area contributed by atoms with Gasteiger partial charge in [-0.05, 0) is 18.2 Å². The first-order chi connectivity index (χ1) is 9.51. The van der Waals surface area contributed by atoms with Crippen molar-refractivity contribution in [3.63, 3.8) is 0 Å². The third-order valence-electron chi connectivity index (χ3n) is 2.56. The molecule has 1 heterocycles. The van der Waals surface area contributed by atoms with Gasteiger partial charge in [0, 0.05) is 18.8 Å². The number of aryl methyl sites for hydroxylation is 1. The fourth-order valence-electron chi connectivity index (χ4n) is 1.55. The van der Waals surface area contributed by atoms with Gasteiger partial charge in [-0.2, -0.15) is 0 Å². The lowest BCUT2D eigenvalue weighted by molar-refractivity contribution is 0.102. The standard InChI is InChI=1S/C12H12ClN5O2/c1-18-5-10(15-6-18)12(19)16-9-4-7(11(14)17-20)2-3-8(9)13/h2-6,20H,1H3,(H2,14,17)(H,16,19). The van der Waals surface area contributed by atoms with Crippen molar-refractivity contribution in [3.8, 4) is 0 Å². The molecule has 2 rings (SSSR count). The fourth-order valence-corrected chi connectivity index (χ4v) is 1.72. The third kappa shape index (κ3) is 2.89. The van der Waals surface area contributed by atoms with E-state index in [1.54, 1.807) is 29.9 Å². The number of hydrogen-bond acceptors (Lipinski definition) is 4. The summed E-state index contributed by atoms with van der Waals surface area (Å²) in [5.74, 6) is -0.473. The maximum atomic E-state index is 12.0. The Balaban J connectivity index is 2.26. The van der Waals surface area contributed by atoms with Crippen LogP contribution in [0.25, 0.3) is 0 Å². The van der Waals surface area contributed by atoms with E-state index in [1.165, 1.54) is 12.4 Å². The number of amidine groups is 1. The number of benzene rings is 1. The quantitative estimate of drug-likeness (QED) is 0.344. The second-order valence-electron chi connectivity index (χ2n) is 4.06. The van der Waals surface area contributed by atoms with Crippen molar-refractivity contribution in [3.05, 3.63) is 47.0 Å². The Kier molecular flexibility index (Phi) is 3.90. The Morgan fingerprint density at radius 1 is 1.55 bits per heavy atom. The Hall–Kier alpha value is -2.54. The fraction of sp³-hybridized carbons (Fsp3) is 0.0833. The molecule has 0 spiro atoms. The number of carbonyl (C=O) groups excluding carboxylic acids is 1. The molecule has 7 nitrogen and oxygen atoms in total. The van der Waals surface area contributed by atoms with Gasteiger partial charge in [-0.1, -0.05) is 16.8 Å². The molecule has 0 aliphatic rings. The minimum absolute atomic E-state index is 0.0741. The molecule has 0 unspecified atom stereocenters. The summed E-state index contributed by atoms with van der Waals surface area (Å²) in [6, 6.07) is 4.63. The number of nitrogens with one attached hydrogen (secondary N) is 1. The average molecular weight is 294 g/mol. The molecule has 20 heavy (non-hydrogen) atoms. The summed E-state index contributed by atoms with van der Waals surface area (Å²) in [6.07, 6.45) is 3.10. The maximum absolute atomic E-state index is 12.0. The summed E-state index contributed by atoms with van der Waals surface area (Å²) in [5, 5.41) is 14.5. The lowest BCUT2D eigenvalue weighted by atomic mass is 10.2. The summed E-state index contributed by atoms with van der Waals surface area (Å²) >= 11 is 6.00. The van der Waals surface area contributed by atoms with E-state index in [0.29, 0.717) is 16.3 Å². The van der Waals surface area contributed by atoms with Gasteiger partial charge in [-0.25, -0.2) is 4.98 Å². The SMILES string of the molecule is Cn1cnc(C(=O)Nc2cc(/C(N)=N/O)ccc2Cl)c1. The number of amides is 1. The predicted molar refractivity (Wildman–Crippen MR) is 75.1 cm³/mol. The number of imidazole rings is 1. The summed E-state index contributed by atoms with van der Waals surface area (Å²) < 4.78 is 1.66. The normalized spacial score (nSPS) is 11.4. The van der Waals surface area contributed by atoms with E-state index >= 15 is 0 Å². The molecule has 8 heteroatoms. The van der Waals surface area contributed by atoms with E-state index in [2.05, 4.69) is 15.5 Å². The van der Waals surface area contributed by atoms with Gasteiger partial charge in [-0.3, -0.25) is 4.79 Å². The smallest absolute Gasteiger partial charge is 0.275 e. The number of hydrogen-bond donors (Lipinski definition) is 3. The van der Waals surface area contributed by atoms with Crippen LogP contribution in [-0.4, -0.2) is 26.5 Å². The monoisotopic (exact) mass is 293 g/mol. The topological polar surface area (TPSA) is 106 Å². The van der Waals surface area contributed by atoms with Crippen LogP contribution in [0.4, 0.5) is 5.69 Å². The number of carbonyl (C=O) groups is 1. The molecule has 1 aromatic heterocycles. The number of aromatic nitrogens is 2. The van der Waals surface area contributed by atoms with Crippen molar-refractivity contribution in [2.24, 2.45) is 17.9 Å². The van der Waals surface area contributed by atoms with Crippen LogP contribution in [-0.2, 0) is 7.05 Å². The third-order valence-corrected chi connectivity index (χ3v) is 2.89. The van der Waals surface area contributed by atoms with E-state index < -0.39 is 5.91 Å². The van der Waals surface area contributed by atoms with Crippen LogP contribution in [0.15, 0.2) is 35.9 Å². The number of rotatable bonds is 3. The number of nitrogens with zero attached hydrogens (tertiary/aromatic N) is 3. The molecular formula is C12H12ClN5O2. The highest BCUT2D eigenvalue weighted by atomic mass is 35.5. The van der Waals surface area contributed by atoms with Crippen LogP contribution in [0.1, 0.15) is 16.1 Å². The van der Waals surface area contributed by atoms with Gasteiger partial charge in [0.05, 0.1) is 17.0 Å². The molecule has 104 valence electrons. The molecule has 0 atom stereocenters. The number of halogens is 1.